The highest BCUT2D eigenvalue weighted by atomic mass is 35.5. The molecule has 9 heteroatoms. The molecule has 0 atom stereocenters. The van der Waals surface area contributed by atoms with Crippen molar-refractivity contribution < 1.29 is 31.2 Å². The molecule has 0 aliphatic heterocycles. The molecular formula is C18H14ClF6NO. The highest BCUT2D eigenvalue weighted by Crippen LogP contribution is 2.37. The van der Waals surface area contributed by atoms with Gasteiger partial charge < -0.3 is 4.84 Å². The first kappa shape index (κ1) is 21.1. The zero-order valence-electron chi connectivity index (χ0n) is 14.0. The number of hydrogen-bond acceptors (Lipinski definition) is 2. The smallest absolute Gasteiger partial charge is 0.391 e. The number of nitrogens with zero attached hydrogens (tertiary/aromatic N) is 1. The molecule has 2 aromatic rings. The first-order chi connectivity index (χ1) is 12.5. The zero-order chi connectivity index (χ0) is 20.2. The fraction of sp³-hybridized carbons (Fsp3) is 0.278. The first-order valence-corrected chi connectivity index (χ1v) is 8.12. The molecule has 0 unspecified atom stereocenters. The SMILES string of the molecule is CCC(=NOCc1ccc(Cl)cc1)c1ccc(C(F)(F)F)cc1C(F)(F)F. The van der Waals surface area contributed by atoms with Crippen LogP contribution in [-0.2, 0) is 23.8 Å². The van der Waals surface area contributed by atoms with Gasteiger partial charge in [0.25, 0.3) is 0 Å². The lowest BCUT2D eigenvalue weighted by Gasteiger charge is -2.16. The molecule has 0 heterocycles. The summed E-state index contributed by atoms with van der Waals surface area (Å²) in [6.07, 6.45) is -9.81. The second kappa shape index (κ2) is 8.21. The van der Waals surface area contributed by atoms with Crippen LogP contribution in [0, 0.1) is 0 Å². The fourth-order valence-electron chi connectivity index (χ4n) is 2.28. The van der Waals surface area contributed by atoms with E-state index in [9.17, 15) is 26.3 Å². The van der Waals surface area contributed by atoms with Crippen molar-refractivity contribution in [3.63, 3.8) is 0 Å². The molecule has 0 bridgehead atoms. The Kier molecular flexibility index (Phi) is 6.41. The van der Waals surface area contributed by atoms with Gasteiger partial charge >= 0.3 is 12.4 Å². The van der Waals surface area contributed by atoms with Crippen LogP contribution >= 0.6 is 11.6 Å². The predicted molar refractivity (Wildman–Crippen MR) is 89.5 cm³/mol. The van der Waals surface area contributed by atoms with Crippen molar-refractivity contribution in [2.45, 2.75) is 32.3 Å². The highest BCUT2D eigenvalue weighted by molar-refractivity contribution is 6.30. The lowest BCUT2D eigenvalue weighted by Crippen LogP contribution is -2.16. The van der Waals surface area contributed by atoms with E-state index in [1.165, 1.54) is 6.92 Å². The van der Waals surface area contributed by atoms with Crippen molar-refractivity contribution in [2.75, 3.05) is 0 Å². The molecule has 0 aromatic heterocycles. The summed E-state index contributed by atoms with van der Waals surface area (Å²) in [5, 5.41) is 4.21. The minimum atomic E-state index is -4.97. The monoisotopic (exact) mass is 409 g/mol. The van der Waals surface area contributed by atoms with Crippen LogP contribution < -0.4 is 0 Å². The van der Waals surface area contributed by atoms with E-state index in [2.05, 4.69) is 5.16 Å². The maximum Gasteiger partial charge on any atom is 0.417 e. The number of halogens is 7. The average molecular weight is 410 g/mol. The van der Waals surface area contributed by atoms with Crippen molar-refractivity contribution in [1.82, 2.24) is 0 Å². The van der Waals surface area contributed by atoms with Crippen molar-refractivity contribution >= 4 is 17.3 Å². The number of oxime groups is 1. The van der Waals surface area contributed by atoms with Gasteiger partial charge in [-0.2, -0.15) is 26.3 Å². The molecular weight excluding hydrogens is 396 g/mol. The molecule has 0 aliphatic rings. The molecule has 146 valence electrons. The Morgan fingerprint density at radius 1 is 0.963 bits per heavy atom. The minimum absolute atomic E-state index is 0.0251. The van der Waals surface area contributed by atoms with Crippen LogP contribution in [-0.4, -0.2) is 5.71 Å². The summed E-state index contributed by atoms with van der Waals surface area (Å²) in [6, 6.07) is 7.98. The van der Waals surface area contributed by atoms with Crippen LogP contribution in [0.3, 0.4) is 0 Å². The first-order valence-electron chi connectivity index (χ1n) is 7.74. The Bertz CT molecular complexity index is 812. The summed E-state index contributed by atoms with van der Waals surface area (Å²) in [7, 11) is 0. The van der Waals surface area contributed by atoms with Gasteiger partial charge in [0, 0.05) is 10.6 Å². The molecule has 0 saturated heterocycles. The van der Waals surface area contributed by atoms with Crippen LogP contribution in [0.25, 0.3) is 0 Å². The van der Waals surface area contributed by atoms with Gasteiger partial charge in [-0.25, -0.2) is 0 Å². The number of rotatable bonds is 5. The van der Waals surface area contributed by atoms with Gasteiger partial charge in [-0.1, -0.05) is 41.9 Å². The highest BCUT2D eigenvalue weighted by Gasteiger charge is 2.38. The maximum atomic E-state index is 13.3. The lowest BCUT2D eigenvalue weighted by molar-refractivity contribution is -0.143. The van der Waals surface area contributed by atoms with Crippen molar-refractivity contribution in [3.05, 3.63) is 69.7 Å². The third-order valence-corrected chi connectivity index (χ3v) is 3.87. The average Bonchev–Trinajstić information content (AvgIpc) is 2.58. The second-order valence-electron chi connectivity index (χ2n) is 5.55. The summed E-state index contributed by atoms with van der Waals surface area (Å²) in [5.74, 6) is 0. The fourth-order valence-corrected chi connectivity index (χ4v) is 2.40. The number of hydrogen-bond donors (Lipinski definition) is 0. The Labute approximate surface area is 156 Å². The summed E-state index contributed by atoms with van der Waals surface area (Å²) in [6.45, 7) is 1.50. The van der Waals surface area contributed by atoms with Gasteiger partial charge in [-0.05, 0) is 36.2 Å². The summed E-state index contributed by atoms with van der Waals surface area (Å²) < 4.78 is 78.1. The molecule has 0 saturated carbocycles. The molecule has 27 heavy (non-hydrogen) atoms. The topological polar surface area (TPSA) is 21.6 Å². The van der Waals surface area contributed by atoms with Crippen molar-refractivity contribution in [3.8, 4) is 0 Å². The number of benzene rings is 2. The largest absolute Gasteiger partial charge is 0.417 e. The van der Waals surface area contributed by atoms with Gasteiger partial charge in [-0.3, -0.25) is 0 Å². The van der Waals surface area contributed by atoms with Crippen LogP contribution in [0.1, 0.15) is 35.6 Å². The van der Waals surface area contributed by atoms with Gasteiger partial charge in [-0.15, -0.1) is 0 Å². The second-order valence-corrected chi connectivity index (χ2v) is 5.98. The molecule has 0 N–H and O–H groups in total. The van der Waals surface area contributed by atoms with Gasteiger partial charge in [0.1, 0.15) is 6.61 Å². The third kappa shape index (κ3) is 5.63. The van der Waals surface area contributed by atoms with E-state index in [0.717, 1.165) is 6.07 Å². The van der Waals surface area contributed by atoms with Crippen LogP contribution in [0.2, 0.25) is 5.02 Å². The zero-order valence-corrected chi connectivity index (χ0v) is 14.7. The molecule has 0 fully saturated rings. The Morgan fingerprint density at radius 3 is 2.11 bits per heavy atom. The Balaban J connectivity index is 2.33. The minimum Gasteiger partial charge on any atom is -0.391 e. The molecule has 2 rings (SSSR count). The molecule has 0 aliphatic carbocycles. The van der Waals surface area contributed by atoms with E-state index in [1.807, 2.05) is 0 Å². The maximum absolute atomic E-state index is 13.3. The van der Waals surface area contributed by atoms with E-state index in [-0.39, 0.29) is 24.8 Å². The van der Waals surface area contributed by atoms with E-state index in [4.69, 9.17) is 16.4 Å². The van der Waals surface area contributed by atoms with Gasteiger partial charge in [0.05, 0.1) is 16.8 Å². The summed E-state index contributed by atoms with van der Waals surface area (Å²) >= 11 is 5.75. The van der Waals surface area contributed by atoms with Crippen LogP contribution in [0.5, 0.6) is 0 Å². The molecule has 0 spiro atoms. The summed E-state index contributed by atoms with van der Waals surface area (Å²) in [5.41, 5.74) is -2.66. The Morgan fingerprint density at radius 2 is 1.59 bits per heavy atom. The van der Waals surface area contributed by atoms with E-state index in [0.29, 0.717) is 16.7 Å². The van der Waals surface area contributed by atoms with Crippen LogP contribution in [0.4, 0.5) is 26.3 Å². The van der Waals surface area contributed by atoms with E-state index in [1.54, 1.807) is 24.3 Å². The predicted octanol–water partition coefficient (Wildman–Crippen LogP) is 6.71. The third-order valence-electron chi connectivity index (χ3n) is 3.62. The molecule has 0 radical (unpaired) electrons. The van der Waals surface area contributed by atoms with Gasteiger partial charge in [0.15, 0.2) is 0 Å². The summed E-state index contributed by atoms with van der Waals surface area (Å²) in [4.78, 5) is 5.09. The molecule has 2 nitrogen and oxygen atoms in total. The quantitative estimate of drug-likeness (QED) is 0.305. The van der Waals surface area contributed by atoms with Crippen LogP contribution in [0.15, 0.2) is 47.6 Å². The normalized spacial score (nSPS) is 13.0. The van der Waals surface area contributed by atoms with E-state index < -0.39 is 29.0 Å². The van der Waals surface area contributed by atoms with Crippen molar-refractivity contribution in [1.29, 1.82) is 0 Å². The molecule has 0 amide bonds. The Hall–Kier alpha value is -2.22. The van der Waals surface area contributed by atoms with Gasteiger partial charge in [0.2, 0.25) is 0 Å². The number of alkyl halides is 6. The standard InChI is InChI=1S/C18H14ClF6NO/c1-2-16(26-27-10-11-3-6-13(19)7-4-11)14-8-5-12(17(20,21)22)9-15(14)18(23,24)25/h3-9H,2,10H2,1H3. The van der Waals surface area contributed by atoms with E-state index >= 15 is 0 Å². The molecule has 2 aromatic carbocycles. The van der Waals surface area contributed by atoms with Crippen molar-refractivity contribution in [2.24, 2.45) is 5.16 Å². The lowest BCUT2D eigenvalue weighted by atomic mass is 9.98.